The summed E-state index contributed by atoms with van der Waals surface area (Å²) in [6.07, 6.45) is 0. The van der Waals surface area contributed by atoms with E-state index < -0.39 is 0 Å². The largest absolute Gasteiger partial charge is 1.00 e. The molecule has 0 aliphatic carbocycles. The molecule has 0 aromatic carbocycles. The van der Waals surface area contributed by atoms with Crippen molar-refractivity contribution in [2.24, 2.45) is 0 Å². The molecule has 0 saturated heterocycles. The van der Waals surface area contributed by atoms with E-state index in [0.29, 0.717) is 0 Å². The average molecular weight is 92.1 g/mol. The smallest absolute Gasteiger partial charge is 1.00 e. The van der Waals surface area contributed by atoms with Crippen LogP contribution in [0, 0.1) is 0 Å². The van der Waals surface area contributed by atoms with Crippen LogP contribution < -0.4 is 51.4 Å². The fourth-order valence-corrected chi connectivity index (χ4v) is 0. The second-order valence-corrected chi connectivity index (χ2v) is 0. The Balaban J connectivity index is -0.00000000167. The van der Waals surface area contributed by atoms with Gasteiger partial charge >= 0.3 is 51.4 Å². The Bertz CT molecular complexity index is 6.85. The van der Waals surface area contributed by atoms with E-state index in [0.717, 1.165) is 0 Å². The Kier molecular flexibility index (Phi) is 108. The summed E-state index contributed by atoms with van der Waals surface area (Å²) in [7, 11) is 0. The first kappa shape index (κ1) is 17.8. The fourth-order valence-electron chi connectivity index (χ4n) is 0. The minimum atomic E-state index is 0. The van der Waals surface area contributed by atoms with Crippen LogP contribution >= 0.6 is 0 Å². The normalized spacial score (nSPS) is 1.50. The Hall–Kier alpha value is 1.52. The van der Waals surface area contributed by atoms with Gasteiger partial charge in [0.25, 0.3) is 0 Å². The first-order valence-electron chi connectivity index (χ1n) is 0.200. The van der Waals surface area contributed by atoms with Gasteiger partial charge in [0.1, 0.15) is 0 Å². The van der Waals surface area contributed by atoms with Crippen molar-refractivity contribution in [3.63, 3.8) is 0 Å². The molecule has 4 N–H and O–H groups in total. The molecule has 24 valence electrons. The van der Waals surface area contributed by atoms with Crippen LogP contribution in [0.4, 0.5) is 0 Å². The van der Waals surface area contributed by atoms with Crippen LogP contribution in [0.5, 0.6) is 0 Å². The predicted molar refractivity (Wildman–Crippen MR) is 9.98 cm³/mol. The molecule has 0 aliphatic rings. The van der Waals surface area contributed by atoms with Crippen molar-refractivity contribution in [3.8, 4) is 0 Å². The third-order valence-corrected chi connectivity index (χ3v) is 0. The van der Waals surface area contributed by atoms with Crippen LogP contribution in [0.25, 0.3) is 0 Å². The summed E-state index contributed by atoms with van der Waals surface area (Å²) in [4.78, 5) is 0. The van der Waals surface area contributed by atoms with E-state index >= 15 is 0 Å². The van der Waals surface area contributed by atoms with Crippen LogP contribution in [-0.2, 0) is 0 Å². The summed E-state index contributed by atoms with van der Waals surface area (Å²) in [5.74, 6) is 0. The minimum absolute atomic E-state index is 0. The van der Waals surface area contributed by atoms with Gasteiger partial charge in [-0.25, -0.2) is 0 Å². The molecule has 0 amide bonds. The maximum Gasteiger partial charge on any atom is 1.00 e. The molecular weight excluding hydrogens is 87.1 g/mol. The average Bonchev–Trinajstić information content (AvgIpc) is 1.00. The first-order chi connectivity index (χ1) is 1.00. The molecule has 0 aromatic heterocycles. The molecule has 0 unspecified atom stereocenters. The van der Waals surface area contributed by atoms with Gasteiger partial charge in [0.2, 0.25) is 0 Å². The molecule has 3 nitrogen and oxygen atoms in total. The molecule has 0 rings (SSSR count). The Labute approximate surface area is 67.8 Å². The maximum absolute atomic E-state index is 6.00. The zero-order chi connectivity index (χ0) is 2.00. The van der Waals surface area contributed by atoms with E-state index in [-0.39, 0.29) is 58.3 Å². The van der Waals surface area contributed by atoms with Crippen LogP contribution in [0.15, 0.2) is 0 Å². The Morgan fingerprint density at radius 2 is 1.25 bits per heavy atom. The van der Waals surface area contributed by atoms with Crippen LogP contribution in [0.2, 0.25) is 0 Å². The van der Waals surface area contributed by atoms with Crippen molar-refractivity contribution in [2.75, 3.05) is 0 Å². The first-order valence-corrected chi connectivity index (χ1v) is 0.200. The van der Waals surface area contributed by atoms with Crippen LogP contribution in [0.3, 0.4) is 0 Å². The van der Waals surface area contributed by atoms with Crippen molar-refractivity contribution in [1.82, 2.24) is 0 Å². The van der Waals surface area contributed by atoms with Crippen LogP contribution in [0.1, 0.15) is 1.43 Å². The topological polar surface area (TPSA) is 72.0 Å². The molecule has 0 aliphatic heterocycles. The summed E-state index contributed by atoms with van der Waals surface area (Å²) in [5, 5.41) is 12.0. The molecule has 0 spiro atoms. The van der Waals surface area contributed by atoms with E-state index in [2.05, 4.69) is 0 Å². The van der Waals surface area contributed by atoms with Gasteiger partial charge in [0.05, 0.1) is 0 Å². The van der Waals surface area contributed by atoms with E-state index in [4.69, 9.17) is 10.5 Å². The molecular formula is H5KO3. The molecule has 0 aromatic rings. The molecule has 4 heteroatoms. The summed E-state index contributed by atoms with van der Waals surface area (Å²) < 4.78 is 0. The number of rotatable bonds is 0. The van der Waals surface area contributed by atoms with E-state index in [1.165, 1.54) is 0 Å². The molecule has 0 radical (unpaired) electrons. The second kappa shape index (κ2) is 24.3. The zero-order valence-corrected chi connectivity index (χ0v) is 5.52. The Morgan fingerprint density at radius 3 is 1.25 bits per heavy atom. The number of hydrogen-bond acceptors (Lipinski definition) is 2. The van der Waals surface area contributed by atoms with Gasteiger partial charge in [-0.05, 0) is 0 Å². The predicted octanol–water partition coefficient (Wildman–Crippen LogP) is -3.69. The van der Waals surface area contributed by atoms with Gasteiger partial charge in [-0.1, -0.05) is 0 Å². The summed E-state index contributed by atoms with van der Waals surface area (Å²) in [6, 6.07) is 0. The van der Waals surface area contributed by atoms with Crippen molar-refractivity contribution in [1.29, 1.82) is 0 Å². The maximum atomic E-state index is 6.00. The molecule has 0 bridgehead atoms. The third kappa shape index (κ3) is 9.68. The quantitative estimate of drug-likeness (QED) is 0.183. The summed E-state index contributed by atoms with van der Waals surface area (Å²) in [5.41, 5.74) is 0. The van der Waals surface area contributed by atoms with Gasteiger partial charge in [-0.3, -0.25) is 10.5 Å². The van der Waals surface area contributed by atoms with Crippen molar-refractivity contribution in [3.05, 3.63) is 0 Å². The van der Waals surface area contributed by atoms with Gasteiger partial charge in [0.15, 0.2) is 0 Å². The molecule has 4 heavy (non-hydrogen) atoms. The van der Waals surface area contributed by atoms with Gasteiger partial charge < -0.3 is 6.90 Å². The van der Waals surface area contributed by atoms with Gasteiger partial charge in [0, 0.05) is 0 Å². The van der Waals surface area contributed by atoms with E-state index in [1.54, 1.807) is 0 Å². The summed E-state index contributed by atoms with van der Waals surface area (Å²) in [6.45, 7) is 0. The Morgan fingerprint density at radius 1 is 1.25 bits per heavy atom. The molecule has 0 saturated carbocycles. The van der Waals surface area contributed by atoms with Crippen LogP contribution in [-0.4, -0.2) is 16.0 Å². The number of hydrogen-bond donors (Lipinski definition) is 2. The summed E-state index contributed by atoms with van der Waals surface area (Å²) >= 11 is 0. The van der Waals surface area contributed by atoms with Crippen molar-refractivity contribution in [2.45, 2.75) is 0 Å². The van der Waals surface area contributed by atoms with Gasteiger partial charge in [-0.2, -0.15) is 0 Å². The fraction of sp³-hybridized carbons (Fsp3) is 0. The van der Waals surface area contributed by atoms with Crippen molar-refractivity contribution < 1.29 is 68.8 Å². The standard InChI is InChI=1S/K.H2O2.H2O.H/c;1-2;;/h;1-2H;1H2;/q+1;;;-1. The molecule has 0 atom stereocenters. The zero-order valence-electron chi connectivity index (χ0n) is 3.39. The van der Waals surface area contributed by atoms with E-state index in [1.807, 2.05) is 0 Å². The minimum Gasteiger partial charge on any atom is -1.00 e. The second-order valence-electron chi connectivity index (χ2n) is 0. The monoisotopic (exact) mass is 92.0 g/mol. The van der Waals surface area contributed by atoms with E-state index in [9.17, 15) is 0 Å². The van der Waals surface area contributed by atoms with Gasteiger partial charge in [-0.15, -0.1) is 0 Å². The SMILES string of the molecule is O.OO.[H-].[K+]. The molecule has 0 fully saturated rings. The molecule has 0 heterocycles. The van der Waals surface area contributed by atoms with Crippen molar-refractivity contribution >= 4 is 0 Å². The third-order valence-electron chi connectivity index (χ3n) is 0.